The Kier molecular flexibility index (Phi) is 3.01. The van der Waals surface area contributed by atoms with E-state index in [1.54, 1.807) is 4.31 Å². The molecule has 3 bridgehead atoms. The van der Waals surface area contributed by atoms with E-state index in [4.69, 9.17) is 19.6 Å². The Morgan fingerprint density at radius 3 is 2.08 bits per heavy atom. The van der Waals surface area contributed by atoms with Crippen LogP contribution in [0.5, 0.6) is 0 Å². The lowest BCUT2D eigenvalue weighted by molar-refractivity contribution is -0.680. The fourth-order valence-electron chi connectivity index (χ4n) is 5.93. The number of hydrogen-bond donors (Lipinski definition) is 0. The number of piperidine rings is 1. The third-order valence-corrected chi connectivity index (χ3v) is 10.0. The molecule has 25 heavy (non-hydrogen) atoms. The normalized spacial score (nSPS) is 44.8. The Hall–Kier alpha value is -0.250. The van der Waals surface area contributed by atoms with Crippen molar-refractivity contribution in [3.8, 4) is 0 Å². The van der Waals surface area contributed by atoms with Crippen molar-refractivity contribution in [3.05, 3.63) is 0 Å². The van der Waals surface area contributed by atoms with Crippen LogP contribution in [0.15, 0.2) is 0 Å². The average Bonchev–Trinajstić information content (AvgIpc) is 3.38. The molecule has 2 saturated heterocycles. The fourth-order valence-corrected chi connectivity index (χ4v) is 7.78. The summed E-state index contributed by atoms with van der Waals surface area (Å²) in [5.74, 6) is -0.979. The Morgan fingerprint density at radius 1 is 0.800 bits per heavy atom. The molecular weight excluding hydrogens is 346 g/mol. The van der Waals surface area contributed by atoms with Gasteiger partial charge in [0.15, 0.2) is 0 Å². The van der Waals surface area contributed by atoms with E-state index in [0.29, 0.717) is 43.2 Å². The summed E-state index contributed by atoms with van der Waals surface area (Å²) in [5.41, 5.74) is 0.547. The van der Waals surface area contributed by atoms with Gasteiger partial charge < -0.3 is 0 Å². The molecule has 0 amide bonds. The lowest BCUT2D eigenvalue weighted by Crippen LogP contribution is -2.65. The van der Waals surface area contributed by atoms with Crippen LogP contribution in [0.4, 0.5) is 0 Å². The van der Waals surface area contributed by atoms with Crippen LogP contribution in [0.1, 0.15) is 57.8 Å². The highest BCUT2D eigenvalue weighted by Gasteiger charge is 2.71. The number of nitrogens with zero attached hydrogens (tertiary/aromatic N) is 1. The van der Waals surface area contributed by atoms with Crippen LogP contribution in [0.3, 0.4) is 0 Å². The van der Waals surface area contributed by atoms with Crippen molar-refractivity contribution < 1.29 is 28.0 Å². The molecule has 0 N–H and O–H groups in total. The summed E-state index contributed by atoms with van der Waals surface area (Å²) in [6.07, 6.45) is 8.28. The first-order valence-electron chi connectivity index (χ1n) is 9.68. The number of hydrogen-bond acceptors (Lipinski definition) is 6. The Morgan fingerprint density at radius 2 is 1.44 bits per heavy atom. The van der Waals surface area contributed by atoms with E-state index in [-0.39, 0.29) is 5.25 Å². The van der Waals surface area contributed by atoms with Crippen LogP contribution < -0.4 is 0 Å². The van der Waals surface area contributed by atoms with Gasteiger partial charge in [-0.3, -0.25) is 0 Å². The summed E-state index contributed by atoms with van der Waals surface area (Å²) < 4.78 is 26.3. The first kappa shape index (κ1) is 15.8. The minimum Gasteiger partial charge on any atom is -0.212 e. The molecule has 8 heteroatoms. The summed E-state index contributed by atoms with van der Waals surface area (Å²) in [4.78, 5) is 23.5. The van der Waals surface area contributed by atoms with Crippen LogP contribution in [-0.4, -0.2) is 42.6 Å². The average molecular weight is 371 g/mol. The summed E-state index contributed by atoms with van der Waals surface area (Å²) in [6, 6.07) is 0. The molecule has 7 aliphatic rings. The Balaban J connectivity index is 1.14. The van der Waals surface area contributed by atoms with Crippen LogP contribution >= 0.6 is 0 Å². The summed E-state index contributed by atoms with van der Waals surface area (Å²) >= 11 is 0. The largest absolute Gasteiger partial charge is 0.239 e. The van der Waals surface area contributed by atoms with Gasteiger partial charge in [0.1, 0.15) is 0 Å². The van der Waals surface area contributed by atoms with Gasteiger partial charge in [-0.1, -0.05) is 0 Å². The highest BCUT2D eigenvalue weighted by molar-refractivity contribution is 7.90. The molecule has 5 aliphatic carbocycles. The fraction of sp³-hybridized carbons (Fsp3) is 1.00. The van der Waals surface area contributed by atoms with Gasteiger partial charge >= 0.3 is 0 Å². The molecule has 0 radical (unpaired) electrons. The minimum absolute atomic E-state index is 0.172. The van der Waals surface area contributed by atoms with E-state index in [2.05, 4.69) is 0 Å². The van der Waals surface area contributed by atoms with Crippen molar-refractivity contribution in [3.63, 3.8) is 0 Å². The molecule has 2 heterocycles. The van der Waals surface area contributed by atoms with Gasteiger partial charge in [0, 0.05) is 37.8 Å². The van der Waals surface area contributed by atoms with Gasteiger partial charge in [0.05, 0.1) is 5.25 Å². The van der Waals surface area contributed by atoms with Gasteiger partial charge in [-0.05, 0) is 50.4 Å². The maximum Gasteiger partial charge on any atom is 0.239 e. The van der Waals surface area contributed by atoms with Gasteiger partial charge in [-0.2, -0.15) is 19.6 Å². The van der Waals surface area contributed by atoms with E-state index in [9.17, 15) is 8.42 Å². The maximum absolute atomic E-state index is 12.4. The minimum atomic E-state index is -3.14. The van der Waals surface area contributed by atoms with E-state index < -0.39 is 21.6 Å². The molecule has 0 aromatic rings. The van der Waals surface area contributed by atoms with Crippen LogP contribution in [0.2, 0.25) is 0 Å². The second-order valence-electron chi connectivity index (χ2n) is 9.15. The van der Waals surface area contributed by atoms with Crippen LogP contribution in [0.25, 0.3) is 0 Å². The van der Waals surface area contributed by atoms with E-state index in [0.717, 1.165) is 38.5 Å². The molecule has 2 aliphatic heterocycles. The van der Waals surface area contributed by atoms with Crippen molar-refractivity contribution in [2.75, 3.05) is 13.1 Å². The van der Waals surface area contributed by atoms with Crippen molar-refractivity contribution in [1.29, 1.82) is 0 Å². The third-order valence-electron chi connectivity index (χ3n) is 7.64. The zero-order valence-electron chi connectivity index (χ0n) is 14.3. The standard InChI is InChI=1S/C17H25NO6S/c19-25(20,14-1-2-14)18-7-5-16(6-8-18)21-23-17(24-22-16)12-3-4-15(9-12)10-13(17)11-15/h12-14H,1-11H2. The SMILES string of the molecule is O=S(=O)(C1CC1)N1CCC2(CC1)OOC1(OO2)C2CCC3(C2)CC1C3. The lowest BCUT2D eigenvalue weighted by Gasteiger charge is -2.60. The quantitative estimate of drug-likeness (QED) is 0.692. The van der Waals surface area contributed by atoms with Crippen molar-refractivity contribution in [2.24, 2.45) is 17.3 Å². The smallest absolute Gasteiger partial charge is 0.212 e. The first-order valence-corrected chi connectivity index (χ1v) is 11.2. The maximum atomic E-state index is 12.4. The lowest BCUT2D eigenvalue weighted by atomic mass is 9.53. The van der Waals surface area contributed by atoms with Gasteiger partial charge in [-0.15, -0.1) is 0 Å². The zero-order valence-corrected chi connectivity index (χ0v) is 15.1. The second-order valence-corrected chi connectivity index (χ2v) is 11.4. The molecule has 1 unspecified atom stereocenters. The Bertz CT molecular complexity index is 680. The van der Waals surface area contributed by atoms with Crippen molar-refractivity contribution in [2.45, 2.75) is 74.6 Å². The highest BCUT2D eigenvalue weighted by Crippen LogP contribution is 2.71. The first-order chi connectivity index (χ1) is 12.0. The van der Waals surface area contributed by atoms with Crippen molar-refractivity contribution in [1.82, 2.24) is 4.31 Å². The summed E-state index contributed by atoms with van der Waals surface area (Å²) in [6.45, 7) is 0.795. The predicted octanol–water partition coefficient (Wildman–Crippen LogP) is 2.09. The molecule has 7 nitrogen and oxygen atoms in total. The summed E-state index contributed by atoms with van der Waals surface area (Å²) in [5, 5.41) is -0.172. The molecule has 7 fully saturated rings. The van der Waals surface area contributed by atoms with Crippen LogP contribution in [-0.2, 0) is 29.6 Å². The monoisotopic (exact) mass is 371 g/mol. The zero-order chi connectivity index (χ0) is 16.9. The van der Waals surface area contributed by atoms with Gasteiger partial charge in [0.2, 0.25) is 21.6 Å². The van der Waals surface area contributed by atoms with Gasteiger partial charge in [-0.25, -0.2) is 12.7 Å². The Labute approximate surface area is 147 Å². The molecule has 0 aromatic carbocycles. The topological polar surface area (TPSA) is 74.3 Å². The highest BCUT2D eigenvalue weighted by atomic mass is 32.2. The second kappa shape index (κ2) is 4.77. The molecule has 140 valence electrons. The number of rotatable bonds is 2. The van der Waals surface area contributed by atoms with E-state index in [1.807, 2.05) is 0 Å². The van der Waals surface area contributed by atoms with Crippen molar-refractivity contribution >= 4 is 10.0 Å². The molecule has 3 spiro atoms. The molecule has 0 aromatic heterocycles. The number of sulfonamides is 1. The van der Waals surface area contributed by atoms with Crippen LogP contribution in [0, 0.1) is 17.3 Å². The molecule has 5 saturated carbocycles. The molecule has 7 rings (SSSR count). The molecule has 1 atom stereocenters. The summed E-state index contributed by atoms with van der Waals surface area (Å²) in [7, 11) is -3.14. The predicted molar refractivity (Wildman–Crippen MR) is 85.0 cm³/mol. The third kappa shape index (κ3) is 2.07. The van der Waals surface area contributed by atoms with E-state index >= 15 is 0 Å². The molecular formula is C17H25NO6S. The van der Waals surface area contributed by atoms with Gasteiger partial charge in [0.25, 0.3) is 0 Å². The van der Waals surface area contributed by atoms with E-state index in [1.165, 1.54) is 6.42 Å².